The fraction of sp³-hybridized carbons (Fsp3) is 0.259. The van der Waals surface area contributed by atoms with Crippen LogP contribution in [0.15, 0.2) is 158 Å². The summed E-state index contributed by atoms with van der Waals surface area (Å²) in [6.45, 7) is 0.822. The van der Waals surface area contributed by atoms with Crippen LogP contribution in [0.4, 0.5) is 0 Å². The van der Waals surface area contributed by atoms with Crippen molar-refractivity contribution < 1.29 is 28.7 Å². The summed E-state index contributed by atoms with van der Waals surface area (Å²) in [6, 6.07) is 44.4. The largest absolute Gasteiger partial charge is 0.494 e. The van der Waals surface area contributed by atoms with Gasteiger partial charge in [0, 0.05) is 22.3 Å². The van der Waals surface area contributed by atoms with E-state index in [4.69, 9.17) is 9.47 Å². The first-order chi connectivity index (χ1) is 31.4. The van der Waals surface area contributed by atoms with Gasteiger partial charge in [0.1, 0.15) is 11.5 Å². The summed E-state index contributed by atoms with van der Waals surface area (Å²) < 4.78 is 12.7. The number of benzene rings is 6. The predicted octanol–water partition coefficient (Wildman–Crippen LogP) is 10.2. The lowest BCUT2D eigenvalue weighted by atomic mass is 9.91. The first kappa shape index (κ1) is 43.4. The minimum absolute atomic E-state index is 0.205. The van der Waals surface area contributed by atoms with Crippen molar-refractivity contribution >= 4 is 23.6 Å². The molecule has 0 fully saturated rings. The molecule has 2 heterocycles. The molecule has 6 bridgehead atoms. The smallest absolute Gasteiger partial charge is 0.252 e. The number of hydrogen-bond acceptors (Lipinski definition) is 6. The summed E-state index contributed by atoms with van der Waals surface area (Å²) in [7, 11) is 0. The first-order valence-corrected chi connectivity index (χ1v) is 22.4. The number of nitrogens with one attached hydrogen (secondary N) is 4. The Balaban J connectivity index is 1.32. The molecule has 4 atom stereocenters. The molecule has 2 aliphatic rings. The maximum atomic E-state index is 14.8. The average molecular weight is 855 g/mol. The van der Waals surface area contributed by atoms with Crippen molar-refractivity contribution in [2.24, 2.45) is 0 Å². The van der Waals surface area contributed by atoms with Crippen molar-refractivity contribution in [2.45, 2.75) is 75.5 Å². The van der Waals surface area contributed by atoms with E-state index in [1.54, 1.807) is 36.4 Å². The molecule has 0 aliphatic carbocycles. The van der Waals surface area contributed by atoms with Gasteiger partial charge in [-0.3, -0.25) is 19.2 Å². The van der Waals surface area contributed by atoms with Gasteiger partial charge in [0.25, 0.3) is 23.6 Å². The third-order valence-electron chi connectivity index (χ3n) is 11.9. The second-order valence-corrected chi connectivity index (χ2v) is 16.5. The fourth-order valence-corrected chi connectivity index (χ4v) is 8.51. The van der Waals surface area contributed by atoms with Crippen molar-refractivity contribution in [3.63, 3.8) is 0 Å². The number of rotatable bonds is 4. The van der Waals surface area contributed by atoms with Crippen molar-refractivity contribution in [3.05, 3.63) is 202 Å². The van der Waals surface area contributed by atoms with E-state index in [0.29, 0.717) is 24.7 Å². The predicted molar refractivity (Wildman–Crippen MR) is 247 cm³/mol. The van der Waals surface area contributed by atoms with Gasteiger partial charge in [0.2, 0.25) is 0 Å². The van der Waals surface area contributed by atoms with Crippen molar-refractivity contribution in [3.8, 4) is 11.5 Å². The zero-order valence-corrected chi connectivity index (χ0v) is 35.8. The van der Waals surface area contributed by atoms with E-state index in [9.17, 15) is 19.2 Å². The number of carbonyl (C=O) groups excluding carboxylic acids is 4. The van der Waals surface area contributed by atoms with Crippen LogP contribution < -0.4 is 30.7 Å². The molecule has 0 unspecified atom stereocenters. The van der Waals surface area contributed by atoms with E-state index in [1.807, 2.05) is 121 Å². The molecule has 0 radical (unpaired) electrons. The standard InChI is InChI=1S/C54H54N4O6/c59-51-41-31-42-34-45(33-41)63-29-19-5-3-1-2-4-6-20-30-64-46-35-43(53(61)57-49(39-25-15-9-16-26-39)47(55-51)37-21-11-7-12-22-37)32-44(36-46)54(62)58-50(40-27-17-10-18-28-40)48(56-52(42)60)38-23-13-8-14-24-38/h7-18,21-28,31-36,47-50H,1-6,19-20,29-30H2,(H,55,59)(H,56,60)(H,57,61)(H,58,62)/t47-,48-,49-,50-/m0/s1. The molecule has 2 aliphatic heterocycles. The Morgan fingerprint density at radius 1 is 0.312 bits per heavy atom. The minimum Gasteiger partial charge on any atom is -0.494 e. The van der Waals surface area contributed by atoms with E-state index in [2.05, 4.69) is 21.3 Å². The Morgan fingerprint density at radius 3 is 0.797 bits per heavy atom. The average Bonchev–Trinajstić information content (AvgIpc) is 3.34. The highest BCUT2D eigenvalue weighted by Crippen LogP contribution is 2.34. The summed E-state index contributed by atoms with van der Waals surface area (Å²) in [5, 5.41) is 13.0. The van der Waals surface area contributed by atoms with Crippen molar-refractivity contribution in [1.82, 2.24) is 21.3 Å². The lowest BCUT2D eigenvalue weighted by molar-refractivity contribution is 0.0873. The lowest BCUT2D eigenvalue weighted by Gasteiger charge is -2.31. The number of ether oxygens (including phenoxy) is 2. The molecule has 0 spiro atoms. The highest BCUT2D eigenvalue weighted by molar-refractivity contribution is 6.02. The molecule has 0 aromatic heterocycles. The Labute approximate surface area is 374 Å². The second kappa shape index (κ2) is 21.3. The van der Waals surface area contributed by atoms with Gasteiger partial charge >= 0.3 is 0 Å². The topological polar surface area (TPSA) is 135 Å². The molecule has 0 saturated heterocycles. The summed E-state index contributed by atoms with van der Waals surface area (Å²) in [5.41, 5.74) is 3.77. The van der Waals surface area contributed by atoms with Gasteiger partial charge in [-0.2, -0.15) is 0 Å². The normalized spacial score (nSPS) is 20.4. The Morgan fingerprint density at radius 2 is 0.547 bits per heavy atom. The van der Waals surface area contributed by atoms with Crippen LogP contribution in [0.25, 0.3) is 0 Å². The highest BCUT2D eigenvalue weighted by atomic mass is 16.5. The van der Waals surface area contributed by atoms with Crippen molar-refractivity contribution in [1.29, 1.82) is 0 Å². The number of carbonyl (C=O) groups is 4. The number of hydrogen-bond donors (Lipinski definition) is 4. The number of fused-ring (bicyclic) bond motifs is 9. The SMILES string of the molecule is O=C1N[C@@H](c2ccccc2)[C@H](c2ccccc2)NC(=O)c2cc3cc(c2)C(=O)N[C@@H](c2ccccc2)[C@H](c2ccccc2)NC(=O)c2cc(cc1c2)OCCCCCCCCCCO3. The van der Waals surface area contributed by atoms with Gasteiger partial charge in [0.05, 0.1) is 37.4 Å². The molecular weight excluding hydrogens is 801 g/mol. The Hall–Kier alpha value is -7.20. The summed E-state index contributed by atoms with van der Waals surface area (Å²) in [5.74, 6) is -1.11. The fourth-order valence-electron chi connectivity index (χ4n) is 8.51. The molecular formula is C54H54N4O6. The van der Waals surface area contributed by atoms with Gasteiger partial charge in [-0.1, -0.05) is 160 Å². The van der Waals surface area contributed by atoms with Crippen LogP contribution in [-0.2, 0) is 0 Å². The molecule has 10 nitrogen and oxygen atoms in total. The quantitative estimate of drug-likeness (QED) is 0.140. The first-order valence-electron chi connectivity index (χ1n) is 22.4. The molecule has 6 aromatic carbocycles. The Kier molecular flexibility index (Phi) is 14.4. The van der Waals surface area contributed by atoms with E-state index in [-0.39, 0.29) is 22.3 Å². The third kappa shape index (κ3) is 11.1. The monoisotopic (exact) mass is 854 g/mol. The molecule has 6 aromatic rings. The highest BCUT2D eigenvalue weighted by Gasteiger charge is 2.33. The van der Waals surface area contributed by atoms with Gasteiger partial charge in [-0.15, -0.1) is 0 Å². The summed E-state index contributed by atoms with van der Waals surface area (Å²) in [6.07, 6.45) is 7.97. The molecule has 64 heavy (non-hydrogen) atoms. The molecule has 10 heteroatoms. The van der Waals surface area contributed by atoms with Gasteiger partial charge in [-0.25, -0.2) is 0 Å². The van der Waals surface area contributed by atoms with Crippen molar-refractivity contribution in [2.75, 3.05) is 13.2 Å². The van der Waals surface area contributed by atoms with Gasteiger partial charge in [0.15, 0.2) is 0 Å². The molecule has 4 N–H and O–H groups in total. The van der Waals surface area contributed by atoms with Crippen LogP contribution >= 0.6 is 0 Å². The second-order valence-electron chi connectivity index (χ2n) is 16.5. The third-order valence-corrected chi connectivity index (χ3v) is 11.9. The van der Waals surface area contributed by atoms with E-state index in [1.165, 1.54) is 0 Å². The van der Waals surface area contributed by atoms with E-state index in [0.717, 1.165) is 73.6 Å². The summed E-state index contributed by atoms with van der Waals surface area (Å²) >= 11 is 0. The zero-order chi connectivity index (χ0) is 44.1. The maximum Gasteiger partial charge on any atom is 0.252 e. The number of amides is 4. The molecule has 4 amide bonds. The minimum atomic E-state index is -0.789. The van der Waals surface area contributed by atoms with Crippen LogP contribution in [-0.4, -0.2) is 36.8 Å². The van der Waals surface area contributed by atoms with E-state index >= 15 is 0 Å². The van der Waals surface area contributed by atoms with Crippen LogP contribution in [0.3, 0.4) is 0 Å². The molecule has 0 saturated carbocycles. The zero-order valence-electron chi connectivity index (χ0n) is 35.8. The lowest BCUT2D eigenvalue weighted by Crippen LogP contribution is -2.42. The summed E-state index contributed by atoms with van der Waals surface area (Å²) in [4.78, 5) is 59.2. The van der Waals surface area contributed by atoms with Gasteiger partial charge in [-0.05, 0) is 71.5 Å². The van der Waals surface area contributed by atoms with Crippen LogP contribution in [0.5, 0.6) is 11.5 Å². The van der Waals surface area contributed by atoms with Crippen LogP contribution in [0.2, 0.25) is 0 Å². The van der Waals surface area contributed by atoms with Crippen LogP contribution in [0, 0.1) is 0 Å². The molecule has 8 rings (SSSR count). The maximum absolute atomic E-state index is 14.8. The Bertz CT molecular complexity index is 2190. The van der Waals surface area contributed by atoms with Crippen LogP contribution in [0.1, 0.15) is 139 Å². The van der Waals surface area contributed by atoms with Gasteiger partial charge < -0.3 is 30.7 Å². The van der Waals surface area contributed by atoms with E-state index < -0.39 is 47.8 Å². The molecule has 326 valence electrons.